The Morgan fingerprint density at radius 2 is 2.00 bits per heavy atom. The molecule has 7 nitrogen and oxygen atoms in total. The van der Waals surface area contributed by atoms with Crippen molar-refractivity contribution in [2.45, 2.75) is 0 Å². The van der Waals surface area contributed by atoms with Gasteiger partial charge >= 0.3 is 0 Å². The van der Waals surface area contributed by atoms with Crippen LogP contribution in [-0.2, 0) is 10.0 Å². The molecule has 0 bridgehead atoms. The Hall–Kier alpha value is -2.26. The minimum absolute atomic E-state index is 0.307. The van der Waals surface area contributed by atoms with Gasteiger partial charge in [0, 0.05) is 24.9 Å². The first-order valence-electron chi connectivity index (χ1n) is 6.28. The number of nitrogens with zero attached hydrogens (tertiary/aromatic N) is 4. The number of hydrogen-bond donors (Lipinski definition) is 1. The first-order valence-corrected chi connectivity index (χ1v) is 8.95. The van der Waals surface area contributed by atoms with Crippen LogP contribution in [0.3, 0.4) is 0 Å². The Kier molecular flexibility index (Phi) is 3.45. The highest BCUT2D eigenvalue weighted by Crippen LogP contribution is 2.32. The quantitative estimate of drug-likeness (QED) is 0.782. The molecule has 3 rings (SSSR count). The van der Waals surface area contributed by atoms with E-state index in [9.17, 15) is 8.42 Å². The van der Waals surface area contributed by atoms with Gasteiger partial charge in [-0.15, -0.1) is 0 Å². The number of benzene rings is 1. The van der Waals surface area contributed by atoms with Crippen LogP contribution in [0, 0.1) is 0 Å². The molecule has 114 valence electrons. The predicted molar refractivity (Wildman–Crippen MR) is 88.3 cm³/mol. The number of anilines is 2. The Morgan fingerprint density at radius 1 is 1.23 bits per heavy atom. The number of aromatic nitrogens is 3. The molecule has 0 saturated heterocycles. The second kappa shape index (κ2) is 5.18. The highest BCUT2D eigenvalue weighted by molar-refractivity contribution is 7.92. The maximum atomic E-state index is 11.6. The van der Waals surface area contributed by atoms with Crippen molar-refractivity contribution in [1.82, 2.24) is 15.0 Å². The standard InChI is InChI=1S/C13H13N5O2S2/c1-18(22(2,19)20)10-6-7-15-12(17-10)8-4-3-5-9-11(8)21-13(14)16-9/h3-7H,1-2H3,(H2,14,16). The van der Waals surface area contributed by atoms with Crippen LogP contribution in [0.25, 0.3) is 21.6 Å². The van der Waals surface area contributed by atoms with Crippen LogP contribution in [0.4, 0.5) is 10.9 Å². The van der Waals surface area contributed by atoms with E-state index in [1.54, 1.807) is 6.07 Å². The van der Waals surface area contributed by atoms with Crippen LogP contribution in [0.15, 0.2) is 30.5 Å². The van der Waals surface area contributed by atoms with Gasteiger partial charge in [0.05, 0.1) is 16.5 Å². The molecule has 22 heavy (non-hydrogen) atoms. The van der Waals surface area contributed by atoms with Crippen molar-refractivity contribution in [2.75, 3.05) is 23.3 Å². The molecule has 0 aliphatic carbocycles. The van der Waals surface area contributed by atoms with Gasteiger partial charge in [0.1, 0.15) is 5.82 Å². The predicted octanol–water partition coefficient (Wildman–Crippen LogP) is 1.73. The van der Waals surface area contributed by atoms with Gasteiger partial charge in [-0.2, -0.15) is 0 Å². The average molecular weight is 335 g/mol. The molecule has 0 aliphatic heterocycles. The fourth-order valence-corrected chi connectivity index (χ4v) is 3.25. The Morgan fingerprint density at radius 3 is 2.73 bits per heavy atom. The Bertz CT molecular complexity index is 952. The number of hydrogen-bond acceptors (Lipinski definition) is 7. The first-order chi connectivity index (χ1) is 10.4. The smallest absolute Gasteiger partial charge is 0.233 e. The summed E-state index contributed by atoms with van der Waals surface area (Å²) in [6.07, 6.45) is 2.65. The summed E-state index contributed by atoms with van der Waals surface area (Å²) in [6, 6.07) is 7.11. The summed E-state index contributed by atoms with van der Waals surface area (Å²) in [5, 5.41) is 0.465. The van der Waals surface area contributed by atoms with Gasteiger partial charge in [-0.1, -0.05) is 17.4 Å². The molecular formula is C13H13N5O2S2. The average Bonchev–Trinajstić information content (AvgIpc) is 2.85. The van der Waals surface area contributed by atoms with Crippen molar-refractivity contribution in [3.63, 3.8) is 0 Å². The van der Waals surface area contributed by atoms with Crippen LogP contribution in [-0.4, -0.2) is 36.7 Å². The Balaban J connectivity index is 2.16. The number of nitrogen functional groups attached to an aromatic ring is 1. The fourth-order valence-electron chi connectivity index (χ4n) is 1.97. The third-order valence-corrected chi connectivity index (χ3v) is 5.25. The lowest BCUT2D eigenvalue weighted by Crippen LogP contribution is -2.25. The number of fused-ring (bicyclic) bond motifs is 1. The van der Waals surface area contributed by atoms with Crippen molar-refractivity contribution < 1.29 is 8.42 Å². The van der Waals surface area contributed by atoms with Crippen molar-refractivity contribution in [3.05, 3.63) is 30.5 Å². The monoisotopic (exact) mass is 335 g/mol. The molecule has 0 spiro atoms. The van der Waals surface area contributed by atoms with E-state index >= 15 is 0 Å². The van der Waals surface area contributed by atoms with Crippen LogP contribution in [0.2, 0.25) is 0 Å². The number of sulfonamides is 1. The molecule has 2 N–H and O–H groups in total. The second-order valence-corrected chi connectivity index (χ2v) is 7.72. The van der Waals surface area contributed by atoms with E-state index in [1.165, 1.54) is 24.6 Å². The lowest BCUT2D eigenvalue weighted by atomic mass is 10.2. The van der Waals surface area contributed by atoms with Crippen LogP contribution in [0.1, 0.15) is 0 Å². The minimum Gasteiger partial charge on any atom is -0.375 e. The van der Waals surface area contributed by atoms with Crippen LogP contribution in [0.5, 0.6) is 0 Å². The molecule has 0 fully saturated rings. The maximum absolute atomic E-state index is 11.6. The third-order valence-electron chi connectivity index (χ3n) is 3.13. The summed E-state index contributed by atoms with van der Waals surface area (Å²) in [5.41, 5.74) is 7.29. The summed E-state index contributed by atoms with van der Waals surface area (Å²) in [6.45, 7) is 0. The largest absolute Gasteiger partial charge is 0.375 e. The van der Waals surface area contributed by atoms with E-state index < -0.39 is 10.0 Å². The molecule has 2 heterocycles. The molecule has 9 heteroatoms. The third kappa shape index (κ3) is 2.60. The van der Waals surface area contributed by atoms with Gasteiger partial charge in [0.25, 0.3) is 0 Å². The zero-order valence-corrected chi connectivity index (χ0v) is 13.5. The molecular weight excluding hydrogens is 322 g/mol. The zero-order valence-electron chi connectivity index (χ0n) is 11.9. The van der Waals surface area contributed by atoms with E-state index in [0.717, 1.165) is 26.3 Å². The first kappa shape index (κ1) is 14.7. The van der Waals surface area contributed by atoms with Gasteiger partial charge in [-0.25, -0.2) is 23.4 Å². The molecule has 0 saturated carbocycles. The second-order valence-electron chi connectivity index (χ2n) is 4.67. The topological polar surface area (TPSA) is 102 Å². The zero-order chi connectivity index (χ0) is 15.9. The highest BCUT2D eigenvalue weighted by Gasteiger charge is 2.16. The van der Waals surface area contributed by atoms with Crippen molar-refractivity contribution in [1.29, 1.82) is 0 Å². The minimum atomic E-state index is -3.38. The maximum Gasteiger partial charge on any atom is 0.233 e. The molecule has 0 aliphatic rings. The molecule has 2 aromatic heterocycles. The van der Waals surface area contributed by atoms with E-state index in [0.29, 0.717) is 16.8 Å². The van der Waals surface area contributed by atoms with Crippen molar-refractivity contribution in [3.8, 4) is 11.4 Å². The van der Waals surface area contributed by atoms with Crippen molar-refractivity contribution >= 4 is 42.5 Å². The summed E-state index contributed by atoms with van der Waals surface area (Å²) in [4.78, 5) is 12.8. The van der Waals surface area contributed by atoms with Crippen molar-refractivity contribution in [2.24, 2.45) is 0 Å². The number of nitrogens with two attached hydrogens (primary N) is 1. The molecule has 1 aromatic carbocycles. The Labute approximate surface area is 131 Å². The highest BCUT2D eigenvalue weighted by atomic mass is 32.2. The molecule has 0 radical (unpaired) electrons. The molecule has 0 amide bonds. The van der Waals surface area contributed by atoms with Gasteiger partial charge in [0.15, 0.2) is 11.0 Å². The van der Waals surface area contributed by atoms with Crippen LogP contribution >= 0.6 is 11.3 Å². The summed E-state index contributed by atoms with van der Waals surface area (Å²) < 4.78 is 25.3. The van der Waals surface area contributed by atoms with Crippen LogP contribution < -0.4 is 10.0 Å². The molecule has 0 unspecified atom stereocenters. The van der Waals surface area contributed by atoms with Gasteiger partial charge in [-0.05, 0) is 12.1 Å². The van der Waals surface area contributed by atoms with Gasteiger partial charge in [-0.3, -0.25) is 4.31 Å². The number of rotatable bonds is 3. The summed E-state index contributed by atoms with van der Waals surface area (Å²) in [5.74, 6) is 0.740. The van der Waals surface area contributed by atoms with E-state index in [-0.39, 0.29) is 0 Å². The lowest BCUT2D eigenvalue weighted by Gasteiger charge is -2.15. The van der Waals surface area contributed by atoms with Gasteiger partial charge in [0.2, 0.25) is 10.0 Å². The van der Waals surface area contributed by atoms with E-state index in [4.69, 9.17) is 5.73 Å². The molecule has 0 atom stereocenters. The normalized spacial score (nSPS) is 11.7. The summed E-state index contributed by atoms with van der Waals surface area (Å²) >= 11 is 1.35. The summed E-state index contributed by atoms with van der Waals surface area (Å²) in [7, 11) is -1.93. The van der Waals surface area contributed by atoms with E-state index in [2.05, 4.69) is 15.0 Å². The lowest BCUT2D eigenvalue weighted by molar-refractivity contribution is 0.600. The van der Waals surface area contributed by atoms with Gasteiger partial charge < -0.3 is 5.73 Å². The fraction of sp³-hybridized carbons (Fsp3) is 0.154. The SMILES string of the molecule is CN(c1ccnc(-c2cccc3nc(N)sc23)n1)S(C)(=O)=O. The molecule has 3 aromatic rings. The number of thiazole rings is 1. The van der Waals surface area contributed by atoms with E-state index in [1.807, 2.05) is 18.2 Å².